The summed E-state index contributed by atoms with van der Waals surface area (Å²) in [5.74, 6) is -1.13. The molecule has 9 unspecified atom stereocenters. The highest BCUT2D eigenvalue weighted by molar-refractivity contribution is 5.66. The molecule has 0 aromatic heterocycles. The molecule has 2 fully saturated rings. The maximum Gasteiger partial charge on any atom is 0.303 e. The van der Waals surface area contributed by atoms with E-state index in [1.165, 1.54) is 13.8 Å². The van der Waals surface area contributed by atoms with Crippen LogP contribution < -0.4 is 0 Å². The molecule has 5 aromatic rings. The lowest BCUT2D eigenvalue weighted by molar-refractivity contribution is -0.345. The molecule has 64 heavy (non-hydrogen) atoms. The summed E-state index contributed by atoms with van der Waals surface area (Å²) in [4.78, 5) is 25.1. The standard InChI is InChI=1S/C51H56O13/c1-35(52)55-33-43-45(57-29-38-20-10-4-11-21-38)47(62-36(2)53)49(60-32-41-26-16-7-17-27-41)51(64-43)61-34-42-44(56-28-37-18-8-3-9-19-37)46(58-30-39-22-12-5-13-23-39)48(50(54)63-42)59-31-40-24-14-6-15-25-40/h3-27,42-51,54H,28-34H2,1-2H3/t42?,43?,44?,45-,46?,47?,48?,49?,50?,51?/m0/s1. The summed E-state index contributed by atoms with van der Waals surface area (Å²) >= 11 is 0. The number of aliphatic hydroxyl groups excluding tert-OH is 1. The molecule has 0 aliphatic carbocycles. The smallest absolute Gasteiger partial charge is 0.303 e. The fourth-order valence-corrected chi connectivity index (χ4v) is 7.67. The molecule has 2 heterocycles. The first-order valence-corrected chi connectivity index (χ1v) is 21.5. The van der Waals surface area contributed by atoms with Crippen molar-refractivity contribution in [2.24, 2.45) is 0 Å². The van der Waals surface area contributed by atoms with Crippen LogP contribution in [0.25, 0.3) is 0 Å². The van der Waals surface area contributed by atoms with Gasteiger partial charge in [-0.05, 0) is 27.8 Å². The van der Waals surface area contributed by atoms with Crippen LogP contribution in [-0.2, 0) is 90.0 Å². The molecule has 2 saturated heterocycles. The van der Waals surface area contributed by atoms with Crippen LogP contribution in [0.4, 0.5) is 0 Å². The number of hydrogen-bond donors (Lipinski definition) is 1. The zero-order valence-electron chi connectivity index (χ0n) is 36.0. The van der Waals surface area contributed by atoms with E-state index in [4.69, 9.17) is 47.4 Å². The van der Waals surface area contributed by atoms with Crippen LogP contribution in [-0.4, -0.2) is 91.7 Å². The molecule has 5 aromatic carbocycles. The highest BCUT2D eigenvalue weighted by atomic mass is 16.7. The van der Waals surface area contributed by atoms with Crippen molar-refractivity contribution >= 4 is 11.9 Å². The van der Waals surface area contributed by atoms with Crippen molar-refractivity contribution < 1.29 is 62.1 Å². The Labute approximate surface area is 374 Å². The van der Waals surface area contributed by atoms with E-state index in [1.807, 2.05) is 152 Å². The molecule has 0 radical (unpaired) electrons. The summed E-state index contributed by atoms with van der Waals surface area (Å²) in [5.41, 5.74) is 4.42. The second-order valence-electron chi connectivity index (χ2n) is 15.6. The Morgan fingerprint density at radius 2 is 0.781 bits per heavy atom. The van der Waals surface area contributed by atoms with Gasteiger partial charge in [-0.2, -0.15) is 0 Å². The maximum atomic E-state index is 12.9. The van der Waals surface area contributed by atoms with Gasteiger partial charge in [0.2, 0.25) is 0 Å². The minimum absolute atomic E-state index is 0.101. The first-order valence-electron chi connectivity index (χ1n) is 21.5. The highest BCUT2D eigenvalue weighted by Gasteiger charge is 2.52. The second kappa shape index (κ2) is 24.1. The third-order valence-corrected chi connectivity index (χ3v) is 10.8. The van der Waals surface area contributed by atoms with E-state index < -0.39 is 73.4 Å². The van der Waals surface area contributed by atoms with E-state index in [-0.39, 0.29) is 46.2 Å². The largest absolute Gasteiger partial charge is 0.463 e. The number of ether oxygens (including phenoxy) is 10. The van der Waals surface area contributed by atoms with Crippen molar-refractivity contribution in [1.29, 1.82) is 0 Å². The average molecular weight is 877 g/mol. The second-order valence-corrected chi connectivity index (χ2v) is 15.6. The van der Waals surface area contributed by atoms with Crippen LogP contribution in [0.2, 0.25) is 0 Å². The fourth-order valence-electron chi connectivity index (χ4n) is 7.67. The van der Waals surface area contributed by atoms with Gasteiger partial charge in [0.1, 0.15) is 49.3 Å². The molecule has 2 aliphatic heterocycles. The Kier molecular flexibility index (Phi) is 17.6. The molecule has 7 rings (SSSR count). The van der Waals surface area contributed by atoms with Crippen molar-refractivity contribution in [3.05, 3.63) is 179 Å². The van der Waals surface area contributed by atoms with Crippen molar-refractivity contribution in [2.75, 3.05) is 13.2 Å². The average Bonchev–Trinajstić information content (AvgIpc) is 3.32. The van der Waals surface area contributed by atoms with Gasteiger partial charge in [-0.15, -0.1) is 0 Å². The molecule has 2 aliphatic rings. The molecule has 10 atom stereocenters. The molecular weight excluding hydrogens is 821 g/mol. The third-order valence-electron chi connectivity index (χ3n) is 10.8. The monoisotopic (exact) mass is 876 g/mol. The van der Waals surface area contributed by atoms with E-state index in [0.29, 0.717) is 0 Å². The lowest BCUT2D eigenvalue weighted by Gasteiger charge is -2.47. The lowest BCUT2D eigenvalue weighted by atomic mass is 9.97. The van der Waals surface area contributed by atoms with Crippen molar-refractivity contribution in [1.82, 2.24) is 0 Å². The third kappa shape index (κ3) is 13.6. The normalized spacial score (nSPS) is 25.6. The van der Waals surface area contributed by atoms with Crippen LogP contribution in [0.3, 0.4) is 0 Å². The van der Waals surface area contributed by atoms with Gasteiger partial charge in [-0.25, -0.2) is 0 Å². The topological polar surface area (TPSA) is 147 Å². The van der Waals surface area contributed by atoms with Gasteiger partial charge in [0.15, 0.2) is 18.7 Å². The molecule has 1 N–H and O–H groups in total. The van der Waals surface area contributed by atoms with Crippen molar-refractivity contribution in [3.63, 3.8) is 0 Å². The number of carbonyl (C=O) groups is 2. The first-order chi connectivity index (χ1) is 31.3. The maximum absolute atomic E-state index is 12.9. The minimum atomic E-state index is -1.46. The van der Waals surface area contributed by atoms with Crippen LogP contribution in [0.5, 0.6) is 0 Å². The molecular formula is C51H56O13. The van der Waals surface area contributed by atoms with E-state index in [1.54, 1.807) is 0 Å². The van der Waals surface area contributed by atoms with Crippen LogP contribution in [0.1, 0.15) is 41.7 Å². The molecule has 13 heteroatoms. The van der Waals surface area contributed by atoms with Gasteiger partial charge in [0, 0.05) is 13.8 Å². The summed E-state index contributed by atoms with van der Waals surface area (Å²) in [7, 11) is 0. The Morgan fingerprint density at radius 1 is 0.422 bits per heavy atom. The predicted molar refractivity (Wildman–Crippen MR) is 233 cm³/mol. The van der Waals surface area contributed by atoms with Gasteiger partial charge in [0.25, 0.3) is 0 Å². The zero-order valence-corrected chi connectivity index (χ0v) is 36.0. The number of esters is 2. The van der Waals surface area contributed by atoms with Crippen LogP contribution >= 0.6 is 0 Å². The summed E-state index contributed by atoms with van der Waals surface area (Å²) in [6.45, 7) is 2.91. The van der Waals surface area contributed by atoms with E-state index >= 15 is 0 Å². The van der Waals surface area contributed by atoms with Crippen LogP contribution in [0.15, 0.2) is 152 Å². The molecule has 0 bridgehead atoms. The summed E-state index contributed by atoms with van der Waals surface area (Å²) < 4.78 is 63.9. The SMILES string of the molecule is CC(=O)OCC1OC(OCC2OC(O)C(OCc3ccccc3)C(OCc3ccccc3)C2OCc2ccccc2)C(OCc2ccccc2)C(OC(C)=O)[C@H]1OCc1ccccc1. The zero-order chi connectivity index (χ0) is 44.5. The quantitative estimate of drug-likeness (QED) is 0.0767. The van der Waals surface area contributed by atoms with Gasteiger partial charge in [-0.1, -0.05) is 152 Å². The summed E-state index contributed by atoms with van der Waals surface area (Å²) in [6, 6.07) is 48.0. The van der Waals surface area contributed by atoms with E-state index in [0.717, 1.165) is 27.8 Å². The Hall–Kier alpha value is -5.32. The summed E-state index contributed by atoms with van der Waals surface area (Å²) in [6.07, 6.45) is -10.4. The minimum Gasteiger partial charge on any atom is -0.463 e. The van der Waals surface area contributed by atoms with Gasteiger partial charge in [-0.3, -0.25) is 9.59 Å². The summed E-state index contributed by atoms with van der Waals surface area (Å²) in [5, 5.41) is 11.8. The molecule has 338 valence electrons. The fraction of sp³-hybridized carbons (Fsp3) is 0.373. The molecule has 0 spiro atoms. The Balaban J connectivity index is 1.19. The lowest BCUT2D eigenvalue weighted by Crippen LogP contribution is -2.64. The van der Waals surface area contributed by atoms with Gasteiger partial charge < -0.3 is 52.5 Å². The van der Waals surface area contributed by atoms with Gasteiger partial charge in [0.05, 0.1) is 39.6 Å². The van der Waals surface area contributed by atoms with E-state index in [2.05, 4.69) is 0 Å². The Bertz CT molecular complexity index is 2110. The predicted octanol–water partition coefficient (Wildman–Crippen LogP) is 6.87. The van der Waals surface area contributed by atoms with Crippen molar-refractivity contribution in [3.8, 4) is 0 Å². The van der Waals surface area contributed by atoms with Crippen LogP contribution in [0, 0.1) is 0 Å². The highest BCUT2D eigenvalue weighted by Crippen LogP contribution is 2.34. The number of carbonyl (C=O) groups excluding carboxylic acids is 2. The Morgan fingerprint density at radius 3 is 1.19 bits per heavy atom. The number of rotatable bonds is 21. The van der Waals surface area contributed by atoms with Gasteiger partial charge >= 0.3 is 11.9 Å². The number of aliphatic hydroxyl groups is 1. The first kappa shape index (κ1) is 46.7. The van der Waals surface area contributed by atoms with E-state index in [9.17, 15) is 14.7 Å². The molecule has 0 amide bonds. The molecule has 0 saturated carbocycles. The van der Waals surface area contributed by atoms with Crippen molar-refractivity contribution in [2.45, 2.75) is 108 Å². The number of benzene rings is 5. The number of hydrogen-bond acceptors (Lipinski definition) is 13. The molecule has 13 nitrogen and oxygen atoms in total.